The Hall–Kier alpha value is -2.56. The molecule has 2 aromatic carbocycles. The Bertz CT molecular complexity index is 1150. The fourth-order valence-corrected chi connectivity index (χ4v) is 3.27. The summed E-state index contributed by atoms with van der Waals surface area (Å²) in [7, 11) is 0. The molecule has 0 atom stereocenters. The van der Waals surface area contributed by atoms with E-state index in [4.69, 9.17) is 27.6 Å². The van der Waals surface area contributed by atoms with Crippen LogP contribution in [0.15, 0.2) is 63.8 Å². The molecule has 0 radical (unpaired) electrons. The molecule has 4 aromatic rings. The van der Waals surface area contributed by atoms with Gasteiger partial charge in [0.1, 0.15) is 0 Å². The van der Waals surface area contributed by atoms with Crippen LogP contribution in [0.2, 0.25) is 10.0 Å². The van der Waals surface area contributed by atoms with Gasteiger partial charge in [-0.1, -0.05) is 59.6 Å². The first-order chi connectivity index (χ1) is 12.1. The van der Waals surface area contributed by atoms with Crippen molar-refractivity contribution in [1.82, 2.24) is 9.78 Å². The number of nitrogens with zero attached hydrogens (tertiary/aromatic N) is 2. The van der Waals surface area contributed by atoms with E-state index in [1.54, 1.807) is 18.2 Å². The first kappa shape index (κ1) is 15.9. The van der Waals surface area contributed by atoms with E-state index in [0.717, 1.165) is 22.2 Å². The summed E-state index contributed by atoms with van der Waals surface area (Å²) in [5.74, 6) is 0. The van der Waals surface area contributed by atoms with Gasteiger partial charge in [0.05, 0.1) is 26.8 Å². The molecular formula is C19H12Cl2N2O2. The molecule has 0 bridgehead atoms. The van der Waals surface area contributed by atoms with E-state index in [0.29, 0.717) is 21.4 Å². The van der Waals surface area contributed by atoms with Gasteiger partial charge in [-0.25, -0.2) is 4.79 Å². The Labute approximate surface area is 153 Å². The van der Waals surface area contributed by atoms with Gasteiger partial charge >= 0.3 is 5.63 Å². The molecule has 0 aliphatic carbocycles. The van der Waals surface area contributed by atoms with E-state index >= 15 is 0 Å². The molecule has 0 saturated carbocycles. The number of hydrogen-bond acceptors (Lipinski definition) is 3. The van der Waals surface area contributed by atoms with Crippen LogP contribution >= 0.6 is 23.2 Å². The number of rotatable bonds is 2. The molecule has 2 aromatic heterocycles. The van der Waals surface area contributed by atoms with Crippen LogP contribution in [0, 0.1) is 6.92 Å². The Morgan fingerprint density at radius 1 is 1.04 bits per heavy atom. The van der Waals surface area contributed by atoms with Crippen molar-refractivity contribution in [3.8, 4) is 16.8 Å². The molecule has 4 rings (SSSR count). The van der Waals surface area contributed by atoms with Crippen molar-refractivity contribution < 1.29 is 4.42 Å². The predicted molar refractivity (Wildman–Crippen MR) is 99.8 cm³/mol. The predicted octanol–water partition coefficient (Wildman–Crippen LogP) is 5.26. The van der Waals surface area contributed by atoms with E-state index < -0.39 is 5.63 Å². The summed E-state index contributed by atoms with van der Waals surface area (Å²) in [5, 5.41) is 6.05. The van der Waals surface area contributed by atoms with Crippen molar-refractivity contribution in [2.24, 2.45) is 0 Å². The van der Waals surface area contributed by atoms with Crippen molar-refractivity contribution in [2.75, 3.05) is 0 Å². The number of halogens is 2. The standard InChI is InChI=1S/C19H12Cl2N2O2/c1-11-17-13(12-6-3-2-4-7-12)10-16(24)25-19(17)23(22-11)15-9-5-8-14(20)18(15)21/h2-10H,1H3. The Morgan fingerprint density at radius 3 is 2.56 bits per heavy atom. The average Bonchev–Trinajstić information content (AvgIpc) is 2.94. The highest BCUT2D eigenvalue weighted by atomic mass is 35.5. The van der Waals surface area contributed by atoms with Crippen LogP contribution in [0.5, 0.6) is 0 Å². The van der Waals surface area contributed by atoms with E-state index in [1.165, 1.54) is 10.7 Å². The van der Waals surface area contributed by atoms with Crippen molar-refractivity contribution in [3.05, 3.63) is 80.8 Å². The summed E-state index contributed by atoms with van der Waals surface area (Å²) in [6.07, 6.45) is 0. The summed E-state index contributed by atoms with van der Waals surface area (Å²) >= 11 is 12.4. The number of aryl methyl sites for hydroxylation is 1. The van der Waals surface area contributed by atoms with Crippen LogP contribution < -0.4 is 5.63 Å². The van der Waals surface area contributed by atoms with E-state index in [1.807, 2.05) is 37.3 Å². The Balaban J connectivity index is 2.09. The van der Waals surface area contributed by atoms with Gasteiger partial charge in [-0.05, 0) is 24.6 Å². The quantitative estimate of drug-likeness (QED) is 0.483. The summed E-state index contributed by atoms with van der Waals surface area (Å²) in [4.78, 5) is 12.2. The zero-order valence-electron chi connectivity index (χ0n) is 13.2. The molecule has 0 fully saturated rings. The molecule has 0 amide bonds. The molecule has 25 heavy (non-hydrogen) atoms. The third kappa shape index (κ3) is 2.64. The molecule has 0 aliphatic rings. The van der Waals surface area contributed by atoms with Gasteiger partial charge < -0.3 is 4.42 Å². The fourth-order valence-electron chi connectivity index (χ4n) is 2.89. The lowest BCUT2D eigenvalue weighted by molar-refractivity contribution is 0.536. The van der Waals surface area contributed by atoms with Crippen LogP contribution in [-0.2, 0) is 0 Å². The third-order valence-electron chi connectivity index (χ3n) is 3.99. The van der Waals surface area contributed by atoms with E-state index in [2.05, 4.69) is 5.10 Å². The molecule has 0 unspecified atom stereocenters. The molecule has 2 heterocycles. The average molecular weight is 371 g/mol. The SMILES string of the molecule is Cc1nn(-c2cccc(Cl)c2Cl)c2oc(=O)cc(-c3ccccc3)c12. The minimum absolute atomic E-state index is 0.341. The Morgan fingerprint density at radius 2 is 1.80 bits per heavy atom. The molecule has 0 spiro atoms. The lowest BCUT2D eigenvalue weighted by Gasteiger charge is -2.07. The van der Waals surface area contributed by atoms with Crippen LogP contribution in [0.25, 0.3) is 27.9 Å². The topological polar surface area (TPSA) is 48.0 Å². The van der Waals surface area contributed by atoms with Crippen molar-refractivity contribution in [1.29, 1.82) is 0 Å². The molecule has 4 nitrogen and oxygen atoms in total. The maximum absolute atomic E-state index is 12.2. The molecule has 6 heteroatoms. The van der Waals surface area contributed by atoms with Crippen molar-refractivity contribution in [2.45, 2.75) is 6.92 Å². The molecular weight excluding hydrogens is 359 g/mol. The van der Waals surface area contributed by atoms with E-state index in [9.17, 15) is 4.79 Å². The molecule has 124 valence electrons. The zero-order valence-corrected chi connectivity index (χ0v) is 14.7. The second kappa shape index (κ2) is 6.06. The summed E-state index contributed by atoms with van der Waals surface area (Å²) in [6.45, 7) is 1.86. The van der Waals surface area contributed by atoms with Crippen LogP contribution in [0.4, 0.5) is 0 Å². The third-order valence-corrected chi connectivity index (χ3v) is 4.80. The van der Waals surface area contributed by atoms with Gasteiger partial charge in [0.2, 0.25) is 5.71 Å². The lowest BCUT2D eigenvalue weighted by atomic mass is 10.0. The van der Waals surface area contributed by atoms with Crippen molar-refractivity contribution >= 4 is 34.3 Å². The van der Waals surface area contributed by atoms with Crippen LogP contribution in [0.3, 0.4) is 0 Å². The molecule has 0 saturated heterocycles. The van der Waals surface area contributed by atoms with Crippen LogP contribution in [-0.4, -0.2) is 9.78 Å². The summed E-state index contributed by atoms with van der Waals surface area (Å²) in [6, 6.07) is 16.4. The number of fused-ring (bicyclic) bond motifs is 1. The van der Waals surface area contributed by atoms with Gasteiger partial charge in [0, 0.05) is 11.6 Å². The lowest BCUT2D eigenvalue weighted by Crippen LogP contribution is -2.02. The first-order valence-corrected chi connectivity index (χ1v) is 8.35. The fraction of sp³-hybridized carbons (Fsp3) is 0.0526. The largest absolute Gasteiger partial charge is 0.403 e. The van der Waals surface area contributed by atoms with Gasteiger partial charge in [-0.3, -0.25) is 0 Å². The van der Waals surface area contributed by atoms with Crippen molar-refractivity contribution in [3.63, 3.8) is 0 Å². The molecule has 0 N–H and O–H groups in total. The van der Waals surface area contributed by atoms with Gasteiger partial charge in [0.25, 0.3) is 0 Å². The second-order valence-corrected chi connectivity index (χ2v) is 6.38. The van der Waals surface area contributed by atoms with Gasteiger partial charge in [-0.2, -0.15) is 9.78 Å². The summed E-state index contributed by atoms with van der Waals surface area (Å²) in [5.41, 5.74) is 2.86. The highest BCUT2D eigenvalue weighted by molar-refractivity contribution is 6.43. The highest BCUT2D eigenvalue weighted by Crippen LogP contribution is 2.34. The minimum atomic E-state index is -0.453. The smallest absolute Gasteiger partial charge is 0.338 e. The maximum atomic E-state index is 12.2. The first-order valence-electron chi connectivity index (χ1n) is 7.59. The van der Waals surface area contributed by atoms with E-state index in [-0.39, 0.29) is 0 Å². The van der Waals surface area contributed by atoms with Gasteiger partial charge in [0.15, 0.2) is 0 Å². The molecule has 0 aliphatic heterocycles. The number of hydrogen-bond donors (Lipinski definition) is 0. The zero-order chi connectivity index (χ0) is 17.6. The number of benzene rings is 2. The Kier molecular flexibility index (Phi) is 3.86. The maximum Gasteiger partial charge on any atom is 0.338 e. The second-order valence-electron chi connectivity index (χ2n) is 5.60. The normalized spacial score (nSPS) is 11.2. The number of aromatic nitrogens is 2. The highest BCUT2D eigenvalue weighted by Gasteiger charge is 2.19. The summed E-state index contributed by atoms with van der Waals surface area (Å²) < 4.78 is 6.99. The van der Waals surface area contributed by atoms with Gasteiger partial charge in [-0.15, -0.1) is 0 Å². The van der Waals surface area contributed by atoms with Crippen LogP contribution in [0.1, 0.15) is 5.69 Å². The monoisotopic (exact) mass is 370 g/mol. The minimum Gasteiger partial charge on any atom is -0.403 e.